The van der Waals surface area contributed by atoms with Crippen molar-refractivity contribution >= 4 is 27.4 Å². The second kappa shape index (κ2) is 5.02. The molecule has 0 amide bonds. The fourth-order valence-corrected chi connectivity index (χ4v) is 3.46. The predicted octanol–water partition coefficient (Wildman–Crippen LogP) is 2.61. The van der Waals surface area contributed by atoms with E-state index in [4.69, 9.17) is 5.14 Å². The van der Waals surface area contributed by atoms with E-state index in [9.17, 15) is 8.42 Å². The summed E-state index contributed by atoms with van der Waals surface area (Å²) >= 11 is 0. The molecule has 21 heavy (non-hydrogen) atoms. The molecule has 108 valence electrons. The molecule has 2 aromatic rings. The molecule has 0 fully saturated rings. The minimum Gasteiger partial charge on any atom is -0.380 e. The molecule has 0 saturated carbocycles. The number of primary sulfonamides is 1. The van der Waals surface area contributed by atoms with Crippen molar-refractivity contribution in [3.8, 4) is 0 Å². The van der Waals surface area contributed by atoms with Gasteiger partial charge in [-0.25, -0.2) is 13.6 Å². The number of fused-ring (bicyclic) bond motifs is 1. The van der Waals surface area contributed by atoms with Gasteiger partial charge in [0.05, 0.1) is 4.90 Å². The molecule has 0 atom stereocenters. The number of rotatable bonds is 2. The van der Waals surface area contributed by atoms with Crippen LogP contribution in [0.1, 0.15) is 16.7 Å². The van der Waals surface area contributed by atoms with Gasteiger partial charge in [-0.05, 0) is 47.4 Å². The molecule has 0 bridgehead atoms. The van der Waals surface area contributed by atoms with Crippen LogP contribution in [0.3, 0.4) is 0 Å². The number of hydrogen-bond acceptors (Lipinski definition) is 3. The van der Waals surface area contributed by atoms with Crippen LogP contribution in [-0.4, -0.2) is 15.0 Å². The molecule has 0 aliphatic carbocycles. The quantitative estimate of drug-likeness (QED) is 0.895. The first-order valence-electron chi connectivity index (χ1n) is 6.63. The van der Waals surface area contributed by atoms with Crippen LogP contribution >= 0.6 is 0 Å². The number of nitrogens with one attached hydrogen (secondary N) is 1. The molecule has 0 spiro atoms. The van der Waals surface area contributed by atoms with Gasteiger partial charge in [0.2, 0.25) is 10.0 Å². The molecule has 4 nitrogen and oxygen atoms in total. The van der Waals surface area contributed by atoms with Crippen molar-refractivity contribution in [3.63, 3.8) is 0 Å². The van der Waals surface area contributed by atoms with E-state index < -0.39 is 10.0 Å². The smallest absolute Gasteiger partial charge is 0.238 e. The van der Waals surface area contributed by atoms with Gasteiger partial charge in [-0.3, -0.25) is 0 Å². The Morgan fingerprint density at radius 1 is 1.10 bits per heavy atom. The van der Waals surface area contributed by atoms with E-state index in [1.165, 1.54) is 0 Å². The maximum absolute atomic E-state index is 11.6. The zero-order valence-corrected chi connectivity index (χ0v) is 12.4. The summed E-state index contributed by atoms with van der Waals surface area (Å²) in [6.45, 7) is 2.45. The molecule has 3 N–H and O–H groups in total. The Labute approximate surface area is 124 Å². The third-order valence-electron chi connectivity index (χ3n) is 3.70. The highest BCUT2D eigenvalue weighted by Crippen LogP contribution is 2.31. The Morgan fingerprint density at radius 3 is 2.62 bits per heavy atom. The lowest BCUT2D eigenvalue weighted by atomic mass is 9.95. The standard InChI is InChI=1S/C16H16N2O2S/c1-11-14(6-4-8-16(11)21(17,19)20)13-9-12-5-2-3-7-15(12)18-10-13/h2-9,18H,10H2,1H3,(H2,17,19,20). The van der Waals surface area contributed by atoms with Crippen molar-refractivity contribution in [1.82, 2.24) is 0 Å². The zero-order chi connectivity index (χ0) is 15.0. The minimum atomic E-state index is -3.70. The number of anilines is 1. The highest BCUT2D eigenvalue weighted by molar-refractivity contribution is 7.89. The minimum absolute atomic E-state index is 0.180. The number of hydrogen-bond donors (Lipinski definition) is 2. The van der Waals surface area contributed by atoms with Crippen molar-refractivity contribution in [3.05, 3.63) is 59.2 Å². The summed E-state index contributed by atoms with van der Waals surface area (Å²) in [6.07, 6.45) is 2.08. The average Bonchev–Trinajstić information content (AvgIpc) is 2.46. The summed E-state index contributed by atoms with van der Waals surface area (Å²) in [5, 5.41) is 8.62. The molecule has 0 saturated heterocycles. The molecule has 1 heterocycles. The van der Waals surface area contributed by atoms with Crippen LogP contribution in [0.5, 0.6) is 0 Å². The summed E-state index contributed by atoms with van der Waals surface area (Å²) in [6, 6.07) is 13.2. The van der Waals surface area contributed by atoms with Crippen molar-refractivity contribution in [2.24, 2.45) is 5.14 Å². The molecule has 5 heteroatoms. The molecule has 1 aliphatic heterocycles. The molecular formula is C16H16N2O2S. The SMILES string of the molecule is Cc1c(C2=Cc3ccccc3NC2)cccc1S(N)(=O)=O. The van der Waals surface area contributed by atoms with E-state index in [1.54, 1.807) is 19.1 Å². The fourth-order valence-electron chi connectivity index (χ4n) is 2.66. The van der Waals surface area contributed by atoms with Gasteiger partial charge in [0, 0.05) is 12.2 Å². The lowest BCUT2D eigenvalue weighted by Gasteiger charge is -2.20. The second-order valence-electron chi connectivity index (χ2n) is 5.08. The van der Waals surface area contributed by atoms with Crippen LogP contribution in [0, 0.1) is 6.92 Å². The summed E-state index contributed by atoms with van der Waals surface area (Å²) in [5.74, 6) is 0. The second-order valence-corrected chi connectivity index (χ2v) is 6.61. The molecule has 2 aromatic carbocycles. The summed E-state index contributed by atoms with van der Waals surface area (Å²) in [5.41, 5.74) is 4.83. The molecular weight excluding hydrogens is 284 g/mol. The predicted molar refractivity (Wildman–Crippen MR) is 85.4 cm³/mol. The molecule has 3 rings (SSSR count). The fraction of sp³-hybridized carbons (Fsp3) is 0.125. The summed E-state index contributed by atoms with van der Waals surface area (Å²) in [4.78, 5) is 0.180. The normalized spacial score (nSPS) is 14.1. The lowest BCUT2D eigenvalue weighted by molar-refractivity contribution is 0.597. The first-order chi connectivity index (χ1) is 9.97. The molecule has 0 radical (unpaired) electrons. The van der Waals surface area contributed by atoms with Gasteiger partial charge < -0.3 is 5.32 Å². The Hall–Kier alpha value is -2.11. The first-order valence-corrected chi connectivity index (χ1v) is 8.18. The van der Waals surface area contributed by atoms with E-state index in [0.717, 1.165) is 22.4 Å². The molecule has 0 aromatic heterocycles. The largest absolute Gasteiger partial charge is 0.380 e. The van der Waals surface area contributed by atoms with Crippen molar-refractivity contribution < 1.29 is 8.42 Å². The van der Waals surface area contributed by atoms with Gasteiger partial charge in [-0.15, -0.1) is 0 Å². The average molecular weight is 300 g/mol. The number of nitrogens with two attached hydrogens (primary N) is 1. The van der Waals surface area contributed by atoms with E-state index in [1.807, 2.05) is 30.3 Å². The van der Waals surface area contributed by atoms with Crippen LogP contribution in [0.4, 0.5) is 5.69 Å². The first kappa shape index (κ1) is 13.9. The van der Waals surface area contributed by atoms with Crippen LogP contribution in [0.2, 0.25) is 0 Å². The Balaban J connectivity index is 2.13. The van der Waals surface area contributed by atoms with Crippen LogP contribution in [-0.2, 0) is 10.0 Å². The Kier molecular flexibility index (Phi) is 3.31. The molecule has 1 aliphatic rings. The number of benzene rings is 2. The Morgan fingerprint density at radius 2 is 1.86 bits per heavy atom. The van der Waals surface area contributed by atoms with Gasteiger partial charge in [-0.2, -0.15) is 0 Å². The lowest BCUT2D eigenvalue weighted by Crippen LogP contribution is -2.16. The van der Waals surface area contributed by atoms with Crippen LogP contribution < -0.4 is 10.5 Å². The number of sulfonamides is 1. The van der Waals surface area contributed by atoms with Gasteiger partial charge in [-0.1, -0.05) is 30.3 Å². The van der Waals surface area contributed by atoms with E-state index in [0.29, 0.717) is 12.1 Å². The number of para-hydroxylation sites is 1. The van der Waals surface area contributed by atoms with Gasteiger partial charge >= 0.3 is 0 Å². The summed E-state index contributed by atoms with van der Waals surface area (Å²) in [7, 11) is -3.70. The van der Waals surface area contributed by atoms with Crippen molar-refractivity contribution in [1.29, 1.82) is 0 Å². The van der Waals surface area contributed by atoms with Gasteiger partial charge in [0.25, 0.3) is 0 Å². The summed E-state index contributed by atoms with van der Waals surface area (Å²) < 4.78 is 23.3. The van der Waals surface area contributed by atoms with Crippen LogP contribution in [0.25, 0.3) is 11.6 Å². The monoisotopic (exact) mass is 300 g/mol. The zero-order valence-electron chi connectivity index (χ0n) is 11.6. The van der Waals surface area contributed by atoms with Gasteiger partial charge in [0.1, 0.15) is 0 Å². The third kappa shape index (κ3) is 2.57. The Bertz CT molecular complexity index is 839. The topological polar surface area (TPSA) is 72.2 Å². The maximum atomic E-state index is 11.6. The van der Waals surface area contributed by atoms with E-state index in [-0.39, 0.29) is 4.90 Å². The highest BCUT2D eigenvalue weighted by atomic mass is 32.2. The maximum Gasteiger partial charge on any atom is 0.238 e. The highest BCUT2D eigenvalue weighted by Gasteiger charge is 2.17. The van der Waals surface area contributed by atoms with Crippen molar-refractivity contribution in [2.75, 3.05) is 11.9 Å². The van der Waals surface area contributed by atoms with Crippen LogP contribution in [0.15, 0.2) is 47.4 Å². The van der Waals surface area contributed by atoms with Crippen molar-refractivity contribution in [2.45, 2.75) is 11.8 Å². The third-order valence-corrected chi connectivity index (χ3v) is 4.75. The van der Waals surface area contributed by atoms with E-state index in [2.05, 4.69) is 11.4 Å². The molecule has 0 unspecified atom stereocenters. The van der Waals surface area contributed by atoms with E-state index >= 15 is 0 Å². The van der Waals surface area contributed by atoms with Gasteiger partial charge in [0.15, 0.2) is 0 Å².